The van der Waals surface area contributed by atoms with Crippen molar-refractivity contribution in [2.24, 2.45) is 0 Å². The van der Waals surface area contributed by atoms with Gasteiger partial charge in [0.05, 0.1) is 5.41 Å². The number of terminal acetylenes is 1. The Morgan fingerprint density at radius 2 is 1.81 bits per heavy atom. The van der Waals surface area contributed by atoms with Crippen molar-refractivity contribution < 1.29 is 4.79 Å². The number of hydrogen-bond acceptors (Lipinski definition) is 1. The number of benzene rings is 1. The Morgan fingerprint density at radius 1 is 1.25 bits per heavy atom. The maximum Gasteiger partial charge on any atom is 0.140 e. The lowest BCUT2D eigenvalue weighted by Gasteiger charge is -2.26. The summed E-state index contributed by atoms with van der Waals surface area (Å²) in [7, 11) is 0. The largest absolute Gasteiger partial charge is 0.299 e. The van der Waals surface area contributed by atoms with Crippen molar-refractivity contribution >= 4 is 5.78 Å². The van der Waals surface area contributed by atoms with Gasteiger partial charge in [-0.25, -0.2) is 0 Å². The molecule has 0 atom stereocenters. The lowest BCUT2D eigenvalue weighted by atomic mass is 9.75. The van der Waals surface area contributed by atoms with Gasteiger partial charge in [0.15, 0.2) is 0 Å². The van der Waals surface area contributed by atoms with Gasteiger partial charge >= 0.3 is 0 Å². The first-order chi connectivity index (χ1) is 7.69. The molecule has 0 spiro atoms. The highest BCUT2D eigenvalue weighted by molar-refractivity contribution is 5.88. The van der Waals surface area contributed by atoms with Gasteiger partial charge in [-0.15, -0.1) is 6.42 Å². The van der Waals surface area contributed by atoms with E-state index in [0.29, 0.717) is 5.78 Å². The molecule has 0 aromatic heterocycles. The normalized spacial score (nSPS) is 18.0. The molecule has 1 saturated carbocycles. The molecule has 2 rings (SSSR count). The Kier molecular flexibility index (Phi) is 2.83. The van der Waals surface area contributed by atoms with Crippen molar-refractivity contribution in [3.8, 4) is 12.3 Å². The van der Waals surface area contributed by atoms with E-state index in [4.69, 9.17) is 6.42 Å². The summed E-state index contributed by atoms with van der Waals surface area (Å²) in [5.74, 6) is 2.89. The monoisotopic (exact) mass is 212 g/mol. The minimum Gasteiger partial charge on any atom is -0.299 e. The second-order valence-electron chi connectivity index (χ2n) is 4.57. The molecular formula is C15H16O. The molecule has 1 aliphatic rings. The molecule has 0 unspecified atom stereocenters. The van der Waals surface area contributed by atoms with Crippen molar-refractivity contribution in [3.05, 3.63) is 35.4 Å². The second kappa shape index (κ2) is 4.14. The summed E-state index contributed by atoms with van der Waals surface area (Å²) in [6.07, 6.45) is 9.60. The van der Waals surface area contributed by atoms with Crippen LogP contribution in [0.3, 0.4) is 0 Å². The standard InChI is InChI=1S/C15H16O/c1-3-13-6-8-14(9-7-13)15(12(2)16)10-4-5-11-15/h1,6-9H,4-5,10-11H2,2H3. The lowest BCUT2D eigenvalue weighted by Crippen LogP contribution is -2.30. The zero-order chi connectivity index (χ0) is 11.6. The van der Waals surface area contributed by atoms with E-state index in [2.05, 4.69) is 5.92 Å². The minimum atomic E-state index is -0.229. The molecule has 1 aromatic rings. The minimum absolute atomic E-state index is 0.229. The summed E-state index contributed by atoms with van der Waals surface area (Å²) in [5, 5.41) is 0. The molecule has 0 amide bonds. The van der Waals surface area contributed by atoms with Crippen molar-refractivity contribution in [2.45, 2.75) is 38.0 Å². The van der Waals surface area contributed by atoms with Crippen LogP contribution in [0.15, 0.2) is 24.3 Å². The Hall–Kier alpha value is -1.55. The highest BCUT2D eigenvalue weighted by Gasteiger charge is 2.39. The molecule has 1 fully saturated rings. The van der Waals surface area contributed by atoms with E-state index in [1.54, 1.807) is 6.92 Å². The number of carbonyl (C=O) groups is 1. The third-order valence-corrected chi connectivity index (χ3v) is 3.74. The molecule has 0 heterocycles. The van der Waals surface area contributed by atoms with E-state index in [0.717, 1.165) is 36.8 Å². The van der Waals surface area contributed by atoms with E-state index in [9.17, 15) is 4.79 Å². The molecule has 0 N–H and O–H groups in total. The molecule has 1 nitrogen and oxygen atoms in total. The third kappa shape index (κ3) is 1.65. The van der Waals surface area contributed by atoms with Gasteiger partial charge in [0.1, 0.15) is 5.78 Å². The van der Waals surface area contributed by atoms with Gasteiger partial charge in [-0.1, -0.05) is 30.9 Å². The fourth-order valence-electron chi connectivity index (χ4n) is 2.71. The van der Waals surface area contributed by atoms with Gasteiger partial charge in [0.25, 0.3) is 0 Å². The van der Waals surface area contributed by atoms with Crippen LogP contribution in [0.5, 0.6) is 0 Å². The molecule has 0 bridgehead atoms. The Balaban J connectivity index is 2.40. The molecule has 1 aromatic carbocycles. The van der Waals surface area contributed by atoms with Gasteiger partial charge in [0, 0.05) is 5.56 Å². The van der Waals surface area contributed by atoms with Gasteiger partial charge < -0.3 is 0 Å². The predicted molar refractivity (Wildman–Crippen MR) is 65.2 cm³/mol. The summed E-state index contributed by atoms with van der Waals surface area (Å²) >= 11 is 0. The number of ketones is 1. The molecule has 0 aliphatic heterocycles. The third-order valence-electron chi connectivity index (χ3n) is 3.74. The number of rotatable bonds is 2. The van der Waals surface area contributed by atoms with Crippen LogP contribution in [-0.4, -0.2) is 5.78 Å². The van der Waals surface area contributed by atoms with Crippen LogP contribution >= 0.6 is 0 Å². The molecule has 16 heavy (non-hydrogen) atoms. The molecule has 0 radical (unpaired) electrons. The second-order valence-corrected chi connectivity index (χ2v) is 4.57. The predicted octanol–water partition coefficient (Wildman–Crippen LogP) is 3.07. The molecular weight excluding hydrogens is 196 g/mol. The molecule has 0 saturated heterocycles. The van der Waals surface area contributed by atoms with Crippen LogP contribution in [0.25, 0.3) is 0 Å². The van der Waals surface area contributed by atoms with Crippen molar-refractivity contribution in [1.82, 2.24) is 0 Å². The zero-order valence-electron chi connectivity index (χ0n) is 9.62. The summed E-state index contributed by atoms with van der Waals surface area (Å²) < 4.78 is 0. The summed E-state index contributed by atoms with van der Waals surface area (Å²) in [6, 6.07) is 7.89. The van der Waals surface area contributed by atoms with Crippen LogP contribution in [0.2, 0.25) is 0 Å². The summed E-state index contributed by atoms with van der Waals surface area (Å²) in [6.45, 7) is 1.71. The number of Topliss-reactive ketones (excluding diaryl/α,β-unsaturated/α-hetero) is 1. The van der Waals surface area contributed by atoms with Crippen molar-refractivity contribution in [1.29, 1.82) is 0 Å². The Morgan fingerprint density at radius 3 is 2.25 bits per heavy atom. The zero-order valence-corrected chi connectivity index (χ0v) is 9.62. The SMILES string of the molecule is C#Cc1ccc(C2(C(C)=O)CCCC2)cc1. The maximum atomic E-state index is 11.9. The first kappa shape index (κ1) is 11.0. The molecule has 1 aliphatic carbocycles. The van der Waals surface area contributed by atoms with Crippen LogP contribution in [-0.2, 0) is 10.2 Å². The van der Waals surface area contributed by atoms with Crippen LogP contribution in [0.1, 0.15) is 43.7 Å². The maximum absolute atomic E-state index is 11.9. The highest BCUT2D eigenvalue weighted by atomic mass is 16.1. The lowest BCUT2D eigenvalue weighted by molar-refractivity contribution is -0.122. The van der Waals surface area contributed by atoms with E-state index in [1.165, 1.54) is 0 Å². The van der Waals surface area contributed by atoms with Gasteiger partial charge in [-0.2, -0.15) is 0 Å². The summed E-state index contributed by atoms with van der Waals surface area (Å²) in [5.41, 5.74) is 1.78. The van der Waals surface area contributed by atoms with Crippen LogP contribution in [0, 0.1) is 12.3 Å². The smallest absolute Gasteiger partial charge is 0.140 e. The van der Waals surface area contributed by atoms with Crippen LogP contribution in [0.4, 0.5) is 0 Å². The van der Waals surface area contributed by atoms with E-state index in [-0.39, 0.29) is 5.41 Å². The van der Waals surface area contributed by atoms with Crippen molar-refractivity contribution in [2.75, 3.05) is 0 Å². The van der Waals surface area contributed by atoms with Gasteiger partial charge in [-0.05, 0) is 37.5 Å². The van der Waals surface area contributed by atoms with Gasteiger partial charge in [-0.3, -0.25) is 4.79 Å². The van der Waals surface area contributed by atoms with E-state index in [1.807, 2.05) is 24.3 Å². The topological polar surface area (TPSA) is 17.1 Å². The first-order valence-electron chi connectivity index (χ1n) is 5.77. The molecule has 1 heteroatoms. The van der Waals surface area contributed by atoms with Gasteiger partial charge in [0.2, 0.25) is 0 Å². The fourth-order valence-corrected chi connectivity index (χ4v) is 2.71. The quantitative estimate of drug-likeness (QED) is 0.688. The number of carbonyl (C=O) groups excluding carboxylic acids is 1. The van der Waals surface area contributed by atoms with E-state index >= 15 is 0 Å². The first-order valence-corrected chi connectivity index (χ1v) is 5.77. The average molecular weight is 212 g/mol. The Bertz CT molecular complexity index is 427. The van der Waals surface area contributed by atoms with Crippen molar-refractivity contribution in [3.63, 3.8) is 0 Å². The van der Waals surface area contributed by atoms with E-state index < -0.39 is 0 Å². The average Bonchev–Trinajstić information content (AvgIpc) is 2.79. The fraction of sp³-hybridized carbons (Fsp3) is 0.400. The Labute approximate surface area is 96.9 Å². The summed E-state index contributed by atoms with van der Waals surface area (Å²) in [4.78, 5) is 11.9. The number of hydrogen-bond donors (Lipinski definition) is 0. The molecule has 82 valence electrons. The van der Waals surface area contributed by atoms with Crippen LogP contribution < -0.4 is 0 Å². The highest BCUT2D eigenvalue weighted by Crippen LogP contribution is 2.41.